The lowest BCUT2D eigenvalue weighted by Gasteiger charge is -2.28. The third kappa shape index (κ3) is 5.54. The SMILES string of the molecule is COCCNC(=O)c1ncccc1C1C(C(=O)CC(C)C)=C(O)C(=O)N1c1ccc(-c2ccc(C)s2)cc1. The van der Waals surface area contributed by atoms with Gasteiger partial charge in [0.25, 0.3) is 11.8 Å². The van der Waals surface area contributed by atoms with Crippen molar-refractivity contribution in [2.75, 3.05) is 25.2 Å². The zero-order chi connectivity index (χ0) is 27.4. The molecule has 0 saturated heterocycles. The zero-order valence-electron chi connectivity index (χ0n) is 21.9. The number of ketones is 1. The fourth-order valence-corrected chi connectivity index (χ4v) is 5.36. The van der Waals surface area contributed by atoms with Crippen LogP contribution in [-0.2, 0) is 14.3 Å². The van der Waals surface area contributed by atoms with Crippen molar-refractivity contribution in [1.29, 1.82) is 0 Å². The van der Waals surface area contributed by atoms with E-state index in [9.17, 15) is 19.5 Å². The van der Waals surface area contributed by atoms with Crippen LogP contribution in [0, 0.1) is 12.8 Å². The molecule has 1 aromatic carbocycles. The van der Waals surface area contributed by atoms with Gasteiger partial charge in [-0.2, -0.15) is 0 Å². The molecule has 0 spiro atoms. The molecule has 4 rings (SSSR count). The largest absolute Gasteiger partial charge is 0.503 e. The molecule has 0 aliphatic carbocycles. The number of nitrogens with one attached hydrogen (secondary N) is 1. The highest BCUT2D eigenvalue weighted by Gasteiger charge is 2.45. The zero-order valence-corrected chi connectivity index (χ0v) is 22.7. The van der Waals surface area contributed by atoms with Crippen LogP contribution in [0.15, 0.2) is 66.1 Å². The molecule has 9 heteroatoms. The number of aromatic nitrogens is 1. The molecule has 0 radical (unpaired) electrons. The molecule has 2 aromatic heterocycles. The van der Waals surface area contributed by atoms with E-state index in [4.69, 9.17) is 4.74 Å². The van der Waals surface area contributed by atoms with Gasteiger partial charge in [0.05, 0.1) is 18.2 Å². The monoisotopic (exact) mass is 533 g/mol. The van der Waals surface area contributed by atoms with Crippen molar-refractivity contribution < 1.29 is 24.2 Å². The van der Waals surface area contributed by atoms with E-state index in [-0.39, 0.29) is 35.9 Å². The van der Waals surface area contributed by atoms with Crippen LogP contribution in [0.4, 0.5) is 5.69 Å². The molecule has 38 heavy (non-hydrogen) atoms. The summed E-state index contributed by atoms with van der Waals surface area (Å²) in [5, 5.41) is 13.7. The first-order valence-corrected chi connectivity index (χ1v) is 13.2. The summed E-state index contributed by atoms with van der Waals surface area (Å²) in [4.78, 5) is 47.8. The lowest BCUT2D eigenvalue weighted by Crippen LogP contribution is -2.34. The van der Waals surface area contributed by atoms with Crippen molar-refractivity contribution in [3.05, 3.63) is 82.2 Å². The number of nitrogens with zero attached hydrogens (tertiary/aromatic N) is 2. The molecule has 8 nitrogen and oxygen atoms in total. The molecular formula is C29H31N3O5S. The van der Waals surface area contributed by atoms with E-state index in [1.165, 1.54) is 23.1 Å². The van der Waals surface area contributed by atoms with E-state index in [2.05, 4.69) is 10.3 Å². The molecule has 3 heterocycles. The standard InChI is InChI=1S/C29H31N3O5S/c1-17(2)16-22(33)24-26(21-6-5-13-30-25(21)28(35)31-14-15-37-4)32(29(36)27(24)34)20-10-8-19(9-11-20)23-12-7-18(3)38-23/h5-13,17,26,34H,14-16H2,1-4H3,(H,31,35). The lowest BCUT2D eigenvalue weighted by molar-refractivity contribution is -0.118. The van der Waals surface area contributed by atoms with Crippen molar-refractivity contribution >= 4 is 34.6 Å². The molecule has 2 amide bonds. The topological polar surface area (TPSA) is 109 Å². The number of anilines is 1. The van der Waals surface area contributed by atoms with E-state index < -0.39 is 23.6 Å². The average molecular weight is 534 g/mol. The third-order valence-electron chi connectivity index (χ3n) is 6.21. The number of amides is 2. The number of pyridine rings is 1. The van der Waals surface area contributed by atoms with E-state index in [1.807, 2.05) is 45.0 Å². The quantitative estimate of drug-likeness (QED) is 0.355. The first-order valence-electron chi connectivity index (χ1n) is 12.4. The van der Waals surface area contributed by atoms with Crippen LogP contribution >= 0.6 is 11.3 Å². The number of methoxy groups -OCH3 is 1. The molecule has 1 aliphatic heterocycles. The van der Waals surface area contributed by atoms with Crippen LogP contribution < -0.4 is 10.2 Å². The highest BCUT2D eigenvalue weighted by molar-refractivity contribution is 7.15. The Hall–Kier alpha value is -3.82. The predicted molar refractivity (Wildman–Crippen MR) is 147 cm³/mol. The maximum absolute atomic E-state index is 13.5. The van der Waals surface area contributed by atoms with Crippen molar-refractivity contribution in [3.63, 3.8) is 0 Å². The van der Waals surface area contributed by atoms with Gasteiger partial charge < -0.3 is 15.2 Å². The normalized spacial score (nSPS) is 15.4. The number of Topliss-reactive ketones (excluding diaryl/α,β-unsaturated/α-hetero) is 1. The van der Waals surface area contributed by atoms with Crippen LogP contribution in [-0.4, -0.2) is 47.9 Å². The van der Waals surface area contributed by atoms with Gasteiger partial charge in [0.1, 0.15) is 5.69 Å². The van der Waals surface area contributed by atoms with E-state index in [0.717, 1.165) is 10.4 Å². The molecule has 0 saturated carbocycles. The number of carbonyl (C=O) groups is 3. The Morgan fingerprint density at radius 1 is 1.16 bits per heavy atom. The molecule has 0 bridgehead atoms. The Kier molecular flexibility index (Phi) is 8.38. The summed E-state index contributed by atoms with van der Waals surface area (Å²) in [7, 11) is 1.53. The smallest absolute Gasteiger partial charge is 0.294 e. The van der Waals surface area contributed by atoms with E-state index >= 15 is 0 Å². The number of hydrogen-bond acceptors (Lipinski definition) is 7. The van der Waals surface area contributed by atoms with Crippen molar-refractivity contribution in [2.45, 2.75) is 33.2 Å². The lowest BCUT2D eigenvalue weighted by atomic mass is 9.91. The maximum atomic E-state index is 13.5. The summed E-state index contributed by atoms with van der Waals surface area (Å²) in [5.41, 5.74) is 1.88. The van der Waals surface area contributed by atoms with Gasteiger partial charge in [-0.05, 0) is 48.7 Å². The molecule has 1 unspecified atom stereocenters. The van der Waals surface area contributed by atoms with Crippen molar-refractivity contribution in [1.82, 2.24) is 10.3 Å². The number of rotatable bonds is 10. The molecule has 3 aromatic rings. The summed E-state index contributed by atoms with van der Waals surface area (Å²) in [6, 6.07) is 13.7. The number of aliphatic hydroxyl groups is 1. The van der Waals surface area contributed by atoms with Gasteiger partial charge in [-0.1, -0.05) is 32.0 Å². The van der Waals surface area contributed by atoms with Crippen LogP contribution in [0.2, 0.25) is 0 Å². The summed E-state index contributed by atoms with van der Waals surface area (Å²) in [6.07, 6.45) is 1.62. The average Bonchev–Trinajstić information content (AvgIpc) is 3.44. The predicted octanol–water partition coefficient (Wildman–Crippen LogP) is 5.01. The van der Waals surface area contributed by atoms with Crippen LogP contribution in [0.25, 0.3) is 10.4 Å². The first kappa shape index (κ1) is 27.2. The Balaban J connectivity index is 1.80. The summed E-state index contributed by atoms with van der Waals surface area (Å²) < 4.78 is 5.02. The van der Waals surface area contributed by atoms with Crippen molar-refractivity contribution in [3.8, 4) is 10.4 Å². The van der Waals surface area contributed by atoms with E-state index in [1.54, 1.807) is 35.6 Å². The first-order chi connectivity index (χ1) is 18.2. The minimum absolute atomic E-state index is 0.00634. The summed E-state index contributed by atoms with van der Waals surface area (Å²) in [5.74, 6) is -2.11. The Morgan fingerprint density at radius 2 is 1.89 bits per heavy atom. The Bertz CT molecular complexity index is 1380. The van der Waals surface area contributed by atoms with Gasteiger partial charge in [0.15, 0.2) is 11.5 Å². The van der Waals surface area contributed by atoms with E-state index in [0.29, 0.717) is 17.9 Å². The van der Waals surface area contributed by atoms with Crippen LogP contribution in [0.3, 0.4) is 0 Å². The number of hydrogen-bond donors (Lipinski definition) is 2. The Morgan fingerprint density at radius 3 is 2.53 bits per heavy atom. The molecule has 1 atom stereocenters. The maximum Gasteiger partial charge on any atom is 0.294 e. The molecule has 2 N–H and O–H groups in total. The number of aliphatic hydroxyl groups excluding tert-OH is 1. The fourth-order valence-electron chi connectivity index (χ4n) is 4.49. The number of thiophene rings is 1. The Labute approximate surface area is 226 Å². The molecular weight excluding hydrogens is 502 g/mol. The van der Waals surface area contributed by atoms with Gasteiger partial charge in [-0.3, -0.25) is 24.3 Å². The number of ether oxygens (including phenoxy) is 1. The minimum atomic E-state index is -1.01. The minimum Gasteiger partial charge on any atom is -0.503 e. The van der Waals surface area contributed by atoms with Gasteiger partial charge in [-0.15, -0.1) is 11.3 Å². The third-order valence-corrected chi connectivity index (χ3v) is 7.26. The molecule has 0 fully saturated rings. The van der Waals surface area contributed by atoms with Gasteiger partial charge in [0, 0.05) is 47.3 Å². The van der Waals surface area contributed by atoms with Crippen LogP contribution in [0.5, 0.6) is 0 Å². The molecule has 198 valence electrons. The summed E-state index contributed by atoms with van der Waals surface area (Å²) >= 11 is 1.67. The fraction of sp³-hybridized carbons (Fsp3) is 0.310. The number of benzene rings is 1. The second-order valence-corrected chi connectivity index (χ2v) is 10.8. The molecule has 1 aliphatic rings. The highest BCUT2D eigenvalue weighted by Crippen LogP contribution is 2.43. The van der Waals surface area contributed by atoms with Gasteiger partial charge in [0.2, 0.25) is 0 Å². The second-order valence-electron chi connectivity index (χ2n) is 9.51. The van der Waals surface area contributed by atoms with Gasteiger partial charge in [-0.25, -0.2) is 0 Å². The second kappa shape index (κ2) is 11.7. The van der Waals surface area contributed by atoms with Gasteiger partial charge >= 0.3 is 0 Å². The van der Waals surface area contributed by atoms with Crippen LogP contribution in [0.1, 0.15) is 47.2 Å². The van der Waals surface area contributed by atoms with Crippen molar-refractivity contribution in [2.24, 2.45) is 5.92 Å². The highest BCUT2D eigenvalue weighted by atomic mass is 32.1. The number of carbonyl (C=O) groups excluding carboxylic acids is 3. The summed E-state index contributed by atoms with van der Waals surface area (Å²) in [6.45, 7) is 6.40. The number of aryl methyl sites for hydroxylation is 1.